The lowest BCUT2D eigenvalue weighted by atomic mass is 9.79. The molecule has 5 N–H and O–H groups in total. The first-order valence-corrected chi connectivity index (χ1v) is 14.3. The van der Waals surface area contributed by atoms with Gasteiger partial charge in [-0.15, -0.1) is 0 Å². The Labute approximate surface area is 239 Å². The van der Waals surface area contributed by atoms with Crippen molar-refractivity contribution in [2.24, 2.45) is 0 Å². The van der Waals surface area contributed by atoms with Crippen LogP contribution in [0, 0.1) is 0 Å². The predicted octanol–water partition coefficient (Wildman–Crippen LogP) is 3.72. The Kier molecular flexibility index (Phi) is 7.32. The van der Waals surface area contributed by atoms with Gasteiger partial charge in [0.1, 0.15) is 11.4 Å². The van der Waals surface area contributed by atoms with Crippen LogP contribution in [-0.4, -0.2) is 46.5 Å². The van der Waals surface area contributed by atoms with Crippen molar-refractivity contribution in [3.63, 3.8) is 0 Å². The molecule has 0 bridgehead atoms. The molecule has 3 aromatic rings. The van der Waals surface area contributed by atoms with E-state index in [9.17, 15) is 19.5 Å². The summed E-state index contributed by atoms with van der Waals surface area (Å²) in [6, 6.07) is 19.5. The maximum absolute atomic E-state index is 13.0. The van der Waals surface area contributed by atoms with Crippen molar-refractivity contribution < 1.29 is 19.5 Å². The molecule has 0 saturated heterocycles. The lowest BCUT2D eigenvalue weighted by Crippen LogP contribution is -2.50. The first-order valence-electron chi connectivity index (χ1n) is 14.3. The van der Waals surface area contributed by atoms with Crippen molar-refractivity contribution in [3.8, 4) is 0 Å². The molecule has 1 fully saturated rings. The topological polar surface area (TPSA) is 132 Å². The Morgan fingerprint density at radius 1 is 1.00 bits per heavy atom. The van der Waals surface area contributed by atoms with E-state index in [-0.39, 0.29) is 24.4 Å². The summed E-state index contributed by atoms with van der Waals surface area (Å²) in [5, 5.41) is 22.4. The van der Waals surface area contributed by atoms with Crippen LogP contribution in [0.4, 0.5) is 11.5 Å². The van der Waals surface area contributed by atoms with E-state index in [1.54, 1.807) is 6.20 Å². The molecule has 1 aromatic heterocycles. The molecular weight excluding hydrogens is 518 g/mol. The van der Waals surface area contributed by atoms with Gasteiger partial charge in [-0.1, -0.05) is 55.3 Å². The van der Waals surface area contributed by atoms with E-state index in [2.05, 4.69) is 26.3 Å². The molecule has 2 amide bonds. The van der Waals surface area contributed by atoms with Gasteiger partial charge in [-0.3, -0.25) is 14.4 Å². The molecule has 2 heterocycles. The molecule has 2 aromatic carbocycles. The monoisotopic (exact) mass is 553 g/mol. The Balaban J connectivity index is 1.08. The predicted molar refractivity (Wildman–Crippen MR) is 156 cm³/mol. The zero-order valence-corrected chi connectivity index (χ0v) is 22.9. The highest BCUT2D eigenvalue weighted by atomic mass is 16.4. The summed E-state index contributed by atoms with van der Waals surface area (Å²) in [5.41, 5.74) is 3.33. The third-order valence-electron chi connectivity index (χ3n) is 8.94. The lowest BCUT2D eigenvalue weighted by molar-refractivity contribution is -0.144. The van der Waals surface area contributed by atoms with Gasteiger partial charge in [0.15, 0.2) is 0 Å². The first kappa shape index (κ1) is 27.1. The maximum atomic E-state index is 13.0. The number of aromatic nitrogens is 1. The molecule has 3 aliphatic rings. The third-order valence-corrected chi connectivity index (χ3v) is 8.94. The summed E-state index contributed by atoms with van der Waals surface area (Å²) in [4.78, 5) is 42.2. The van der Waals surface area contributed by atoms with E-state index in [1.807, 2.05) is 60.7 Å². The van der Waals surface area contributed by atoms with Crippen molar-refractivity contribution in [1.29, 1.82) is 0 Å². The van der Waals surface area contributed by atoms with Crippen LogP contribution >= 0.6 is 0 Å². The number of rotatable bonds is 10. The number of fused-ring (bicyclic) bond motifs is 3. The van der Waals surface area contributed by atoms with Crippen molar-refractivity contribution in [2.45, 2.75) is 61.9 Å². The van der Waals surface area contributed by atoms with Gasteiger partial charge in [-0.2, -0.15) is 0 Å². The van der Waals surface area contributed by atoms with Gasteiger partial charge in [0.2, 0.25) is 11.8 Å². The number of hydrogen-bond donors (Lipinski definition) is 5. The number of carbonyl (C=O) groups excluding carboxylic acids is 2. The Hall–Kier alpha value is -4.08. The van der Waals surface area contributed by atoms with E-state index >= 15 is 0 Å². The second-order valence-electron chi connectivity index (χ2n) is 11.5. The van der Waals surface area contributed by atoms with Crippen molar-refractivity contribution >= 4 is 29.3 Å². The second kappa shape index (κ2) is 11.1. The number of carboxylic acids is 1. The van der Waals surface area contributed by atoms with E-state index in [0.29, 0.717) is 50.2 Å². The maximum Gasteiger partial charge on any atom is 0.323 e. The molecule has 2 aliphatic carbocycles. The molecule has 41 heavy (non-hydrogen) atoms. The van der Waals surface area contributed by atoms with Crippen LogP contribution in [0.2, 0.25) is 0 Å². The van der Waals surface area contributed by atoms with Gasteiger partial charge in [0.25, 0.3) is 0 Å². The average molecular weight is 554 g/mol. The van der Waals surface area contributed by atoms with Gasteiger partial charge in [-0.05, 0) is 73.5 Å². The summed E-state index contributed by atoms with van der Waals surface area (Å²) < 4.78 is 0. The van der Waals surface area contributed by atoms with Crippen LogP contribution in [0.25, 0.3) is 0 Å². The third kappa shape index (κ3) is 5.23. The first-order chi connectivity index (χ1) is 19.9. The molecule has 9 nitrogen and oxygen atoms in total. The molecule has 0 unspecified atom stereocenters. The van der Waals surface area contributed by atoms with Gasteiger partial charge < -0.3 is 26.4 Å². The smallest absolute Gasteiger partial charge is 0.323 e. The minimum absolute atomic E-state index is 0.0270. The normalized spacial score (nSPS) is 20.8. The fourth-order valence-electron chi connectivity index (χ4n) is 6.74. The number of carbonyl (C=O) groups is 3. The summed E-state index contributed by atoms with van der Waals surface area (Å²) in [6.45, 7) is 0.630. The zero-order valence-electron chi connectivity index (χ0n) is 22.9. The molecule has 6 rings (SSSR count). The summed E-state index contributed by atoms with van der Waals surface area (Å²) in [5.74, 6) is -0.346. The second-order valence-corrected chi connectivity index (χ2v) is 11.5. The summed E-state index contributed by atoms with van der Waals surface area (Å²) in [7, 11) is 0. The molecule has 1 aliphatic heterocycles. The number of carboxylic acid groups (broad SMARTS) is 1. The van der Waals surface area contributed by atoms with E-state index in [4.69, 9.17) is 0 Å². The van der Waals surface area contributed by atoms with Crippen molar-refractivity contribution in [2.75, 3.05) is 23.7 Å². The number of pyridine rings is 1. The van der Waals surface area contributed by atoms with Crippen LogP contribution in [-0.2, 0) is 32.6 Å². The molecule has 2 atom stereocenters. The van der Waals surface area contributed by atoms with E-state index in [1.165, 1.54) is 0 Å². The number of amides is 2. The van der Waals surface area contributed by atoms with Crippen LogP contribution < -0.4 is 21.3 Å². The highest BCUT2D eigenvalue weighted by Crippen LogP contribution is 2.47. The fraction of sp³-hybridized carbons (Fsp3) is 0.375. The highest BCUT2D eigenvalue weighted by Gasteiger charge is 2.51. The molecule has 9 heteroatoms. The number of anilines is 2. The van der Waals surface area contributed by atoms with Crippen molar-refractivity contribution in [3.05, 3.63) is 89.1 Å². The quantitative estimate of drug-likeness (QED) is 0.259. The van der Waals surface area contributed by atoms with Crippen LogP contribution in [0.3, 0.4) is 0 Å². The van der Waals surface area contributed by atoms with Gasteiger partial charge in [-0.25, -0.2) is 4.98 Å². The lowest BCUT2D eigenvalue weighted by Gasteiger charge is -2.27. The minimum atomic E-state index is -0.845. The number of nitrogens with one attached hydrogen (secondary N) is 4. The molecule has 1 saturated carbocycles. The number of hydrogen-bond acceptors (Lipinski definition) is 6. The summed E-state index contributed by atoms with van der Waals surface area (Å²) in [6.07, 6.45) is 6.62. The average Bonchev–Trinajstić information content (AvgIpc) is 3.68. The largest absolute Gasteiger partial charge is 0.480 e. The Bertz CT molecular complexity index is 1470. The van der Waals surface area contributed by atoms with E-state index < -0.39 is 16.9 Å². The minimum Gasteiger partial charge on any atom is -0.480 e. The molecule has 212 valence electrons. The zero-order chi connectivity index (χ0) is 28.5. The molecule has 1 spiro atoms. The van der Waals surface area contributed by atoms with E-state index in [0.717, 1.165) is 35.1 Å². The number of benzene rings is 2. The van der Waals surface area contributed by atoms with Crippen LogP contribution in [0.15, 0.2) is 66.9 Å². The fourth-order valence-corrected chi connectivity index (χ4v) is 6.74. The van der Waals surface area contributed by atoms with Crippen LogP contribution in [0.5, 0.6) is 0 Å². The SMILES string of the molecule is O=C(CN[C@@H](CCNC1(C(=O)O)CCCC1)c1ccccc1)Nc1ccc2c(c1)C[C@@]1(C2)C(=O)Nc2ncccc21. The van der Waals surface area contributed by atoms with Crippen molar-refractivity contribution in [1.82, 2.24) is 15.6 Å². The Morgan fingerprint density at radius 2 is 1.78 bits per heavy atom. The number of aliphatic carboxylic acids is 1. The molecule has 0 radical (unpaired) electrons. The number of nitrogens with zero attached hydrogens (tertiary/aromatic N) is 1. The van der Waals surface area contributed by atoms with Gasteiger partial charge >= 0.3 is 5.97 Å². The Morgan fingerprint density at radius 3 is 2.56 bits per heavy atom. The standard InChI is InChI=1S/C32H35N5O4/c38-27(20-34-26(21-7-2-1-3-8-21)12-16-35-32(30(40)41)13-4-5-14-32)36-24-11-10-22-18-31(19-23(22)17-24)25-9-6-15-33-28(25)37-29(31)39/h1-3,6-11,15,17,26,34-35H,4-5,12-14,16,18-20H2,(H,36,38)(H,40,41)(H,33,37,39)/t26-,31+/m0/s1. The van der Waals surface area contributed by atoms with Gasteiger partial charge in [0.05, 0.1) is 12.0 Å². The van der Waals surface area contributed by atoms with Crippen LogP contribution in [0.1, 0.15) is 60.4 Å². The molecular formula is C32H35N5O4. The highest BCUT2D eigenvalue weighted by molar-refractivity contribution is 6.06. The summed E-state index contributed by atoms with van der Waals surface area (Å²) >= 11 is 0. The van der Waals surface area contributed by atoms with Gasteiger partial charge in [0, 0.05) is 23.5 Å².